The van der Waals surface area contributed by atoms with Gasteiger partial charge in [-0.2, -0.15) is 22.7 Å². The van der Waals surface area contributed by atoms with E-state index in [1.807, 2.05) is 17.9 Å². The predicted molar refractivity (Wildman–Crippen MR) is 172 cm³/mol. The first-order valence-electron chi connectivity index (χ1n) is 15.9. The van der Waals surface area contributed by atoms with Crippen molar-refractivity contribution in [3.05, 3.63) is 51.5 Å². The van der Waals surface area contributed by atoms with Gasteiger partial charge in [-0.15, -0.1) is 5.10 Å². The van der Waals surface area contributed by atoms with Crippen molar-refractivity contribution in [3.63, 3.8) is 0 Å². The molecule has 0 saturated carbocycles. The highest BCUT2D eigenvalue weighted by Crippen LogP contribution is 2.30. The number of aryl methyl sites for hydroxylation is 1. The van der Waals surface area contributed by atoms with Gasteiger partial charge >= 0.3 is 12.3 Å². The van der Waals surface area contributed by atoms with Crippen molar-refractivity contribution in [2.45, 2.75) is 84.7 Å². The van der Waals surface area contributed by atoms with Crippen LogP contribution in [0.5, 0.6) is 0 Å². The number of amides is 2. The summed E-state index contributed by atoms with van der Waals surface area (Å²) in [6.45, 7) is 9.61. The molecule has 3 aromatic heterocycles. The number of ether oxygens (including phenoxy) is 2. The smallest absolute Gasteiger partial charge is 0.433 e. The molecular weight excluding hydrogens is 633 g/mol. The molecule has 4 heterocycles. The maximum absolute atomic E-state index is 14.2. The summed E-state index contributed by atoms with van der Waals surface area (Å²) in [5.41, 5.74) is -0.254. The fraction of sp³-hybridized carbons (Fsp3) is 0.562. The Morgan fingerprint density at radius 1 is 1.08 bits per heavy atom. The first kappa shape index (κ1) is 34.9. The van der Waals surface area contributed by atoms with Crippen LogP contribution in [0.25, 0.3) is 11.4 Å². The Labute approximate surface area is 275 Å². The topological polar surface area (TPSA) is 136 Å². The van der Waals surface area contributed by atoms with Crippen molar-refractivity contribution in [1.82, 2.24) is 29.0 Å². The number of alkyl halides is 3. The molecule has 0 aromatic carbocycles. The number of carbonyl (C=O) groups is 2. The van der Waals surface area contributed by atoms with Gasteiger partial charge < -0.3 is 29.2 Å². The number of methoxy groups -OCH3 is 1. The van der Waals surface area contributed by atoms with Crippen LogP contribution in [0.4, 0.5) is 29.3 Å². The number of hydrogen-bond donors (Lipinski definition) is 1. The Hall–Kier alpha value is -4.47. The average Bonchev–Trinajstić information content (AvgIpc) is 3.48. The highest BCUT2D eigenvalue weighted by molar-refractivity contribution is 5.91. The zero-order valence-electron chi connectivity index (χ0n) is 28.0. The summed E-state index contributed by atoms with van der Waals surface area (Å²) in [7, 11) is 1.66. The summed E-state index contributed by atoms with van der Waals surface area (Å²) in [5, 5.41) is 7.27. The molecule has 1 saturated heterocycles. The van der Waals surface area contributed by atoms with Crippen LogP contribution in [0, 0.1) is 6.92 Å². The maximum atomic E-state index is 14.2. The Bertz CT molecular complexity index is 1780. The van der Waals surface area contributed by atoms with E-state index >= 15 is 0 Å². The normalized spacial score (nSPS) is 17.4. The van der Waals surface area contributed by atoms with Crippen molar-refractivity contribution < 1.29 is 32.2 Å². The molecule has 1 fully saturated rings. The summed E-state index contributed by atoms with van der Waals surface area (Å²) >= 11 is 0. The van der Waals surface area contributed by atoms with E-state index in [0.29, 0.717) is 62.6 Å². The molecule has 5 rings (SSSR count). The van der Waals surface area contributed by atoms with Gasteiger partial charge in [0.15, 0.2) is 5.82 Å². The summed E-state index contributed by atoms with van der Waals surface area (Å²) in [4.78, 5) is 52.2. The second-order valence-corrected chi connectivity index (χ2v) is 12.9. The third kappa shape index (κ3) is 7.48. The first-order chi connectivity index (χ1) is 22.6. The van der Waals surface area contributed by atoms with Gasteiger partial charge in [-0.3, -0.25) is 9.59 Å². The van der Waals surface area contributed by atoms with E-state index in [9.17, 15) is 27.6 Å². The first-order valence-corrected chi connectivity index (χ1v) is 15.9. The van der Waals surface area contributed by atoms with E-state index in [1.165, 1.54) is 17.5 Å². The van der Waals surface area contributed by atoms with Crippen LogP contribution in [0.3, 0.4) is 0 Å². The Kier molecular flexibility index (Phi) is 9.85. The van der Waals surface area contributed by atoms with Crippen molar-refractivity contribution >= 4 is 34.7 Å². The molecule has 1 aliphatic carbocycles. The van der Waals surface area contributed by atoms with Gasteiger partial charge in [0.2, 0.25) is 11.7 Å². The molecule has 2 aliphatic rings. The molecule has 0 bridgehead atoms. The summed E-state index contributed by atoms with van der Waals surface area (Å²) < 4.78 is 53.3. The van der Waals surface area contributed by atoms with Gasteiger partial charge in [0, 0.05) is 33.3 Å². The minimum absolute atomic E-state index is 0.00542. The standard InChI is InChI=1S/C32H41F3N8O5/c1-7-23-26(40-14-16-41(17-15-40)30(46)48-31(3,4)5)28(45)43-29(38-27(39-43)20-8-10-21(47-6)11-9-20)42(23)18-25(44)37-22-12-13-24(32(33,34)35)36-19(22)2/h8,12-13,21H,7,9-11,14-18H2,1-6H3,(H,37,44). The second-order valence-electron chi connectivity index (χ2n) is 12.9. The fourth-order valence-corrected chi connectivity index (χ4v) is 5.92. The van der Waals surface area contributed by atoms with Crippen LogP contribution >= 0.6 is 0 Å². The number of nitrogens with one attached hydrogen (secondary N) is 1. The molecule has 16 heteroatoms. The molecule has 1 aliphatic heterocycles. The van der Waals surface area contributed by atoms with Crippen LogP contribution in [0.2, 0.25) is 0 Å². The Balaban J connectivity index is 1.52. The number of piperazine rings is 1. The van der Waals surface area contributed by atoms with Crippen molar-refractivity contribution in [3.8, 4) is 0 Å². The third-order valence-electron chi connectivity index (χ3n) is 8.34. The molecule has 0 radical (unpaired) electrons. The molecule has 1 atom stereocenters. The number of anilines is 2. The summed E-state index contributed by atoms with van der Waals surface area (Å²) in [6, 6.07) is 1.97. The monoisotopic (exact) mass is 674 g/mol. The largest absolute Gasteiger partial charge is 0.444 e. The fourth-order valence-electron chi connectivity index (χ4n) is 5.92. The van der Waals surface area contributed by atoms with E-state index in [0.717, 1.165) is 18.1 Å². The molecule has 0 spiro atoms. The third-order valence-corrected chi connectivity index (χ3v) is 8.34. The number of halogens is 3. The molecule has 13 nitrogen and oxygen atoms in total. The molecule has 48 heavy (non-hydrogen) atoms. The number of hydrogen-bond acceptors (Lipinski definition) is 9. The maximum Gasteiger partial charge on any atom is 0.433 e. The molecule has 1 unspecified atom stereocenters. The van der Waals surface area contributed by atoms with Crippen molar-refractivity contribution in [1.29, 1.82) is 0 Å². The second kappa shape index (κ2) is 13.6. The van der Waals surface area contributed by atoms with Gasteiger partial charge in [0.05, 0.1) is 23.2 Å². The highest BCUT2D eigenvalue weighted by Gasteiger charge is 2.33. The summed E-state index contributed by atoms with van der Waals surface area (Å²) in [5.74, 6) is -0.0207. The zero-order chi connectivity index (χ0) is 35.0. The van der Waals surface area contributed by atoms with Crippen LogP contribution in [-0.4, -0.2) is 86.0 Å². The van der Waals surface area contributed by atoms with Crippen molar-refractivity contribution in [2.24, 2.45) is 0 Å². The van der Waals surface area contributed by atoms with E-state index in [4.69, 9.17) is 14.5 Å². The van der Waals surface area contributed by atoms with Crippen LogP contribution < -0.4 is 15.8 Å². The lowest BCUT2D eigenvalue weighted by atomic mass is 9.97. The quantitative estimate of drug-likeness (QED) is 0.386. The van der Waals surface area contributed by atoms with Gasteiger partial charge in [0.25, 0.3) is 5.56 Å². The van der Waals surface area contributed by atoms with Gasteiger partial charge in [-0.05, 0) is 71.1 Å². The summed E-state index contributed by atoms with van der Waals surface area (Å²) in [6.07, 6.45) is -0.565. The predicted octanol–water partition coefficient (Wildman–Crippen LogP) is 4.45. The van der Waals surface area contributed by atoms with Crippen LogP contribution in [0.1, 0.15) is 69.9 Å². The Morgan fingerprint density at radius 3 is 2.35 bits per heavy atom. The lowest BCUT2D eigenvalue weighted by Crippen LogP contribution is -2.51. The minimum Gasteiger partial charge on any atom is -0.444 e. The number of carbonyl (C=O) groups excluding carboxylic acids is 2. The molecule has 3 aromatic rings. The highest BCUT2D eigenvalue weighted by atomic mass is 19.4. The van der Waals surface area contributed by atoms with Crippen LogP contribution in [-0.2, 0) is 33.4 Å². The van der Waals surface area contributed by atoms with Gasteiger partial charge in [-0.1, -0.05) is 13.0 Å². The lowest BCUT2D eigenvalue weighted by Gasteiger charge is -2.37. The number of rotatable bonds is 7. The molecule has 1 N–H and O–H groups in total. The zero-order valence-corrected chi connectivity index (χ0v) is 28.0. The molecule has 260 valence electrons. The van der Waals surface area contributed by atoms with E-state index in [1.54, 1.807) is 37.3 Å². The number of nitrogens with zero attached hydrogens (tertiary/aromatic N) is 7. The van der Waals surface area contributed by atoms with Gasteiger partial charge in [-0.25, -0.2) is 9.78 Å². The number of allylic oxidation sites excluding steroid dienone is 1. The molecular formula is C32H41F3N8O5. The van der Waals surface area contributed by atoms with E-state index in [2.05, 4.69) is 15.4 Å². The van der Waals surface area contributed by atoms with E-state index < -0.39 is 35.0 Å². The Morgan fingerprint density at radius 2 is 1.79 bits per heavy atom. The molecule has 2 amide bonds. The average molecular weight is 675 g/mol. The SMILES string of the molecule is CCc1c(N2CCN(C(=O)OC(C)(C)C)CC2)c(=O)n2nc(C3=CCC(OC)CC3)nc2n1CC(=O)Nc1ccc(C(F)(F)F)nc1C. The number of pyridine rings is 1. The van der Waals surface area contributed by atoms with Crippen molar-refractivity contribution in [2.75, 3.05) is 43.5 Å². The minimum atomic E-state index is -4.62. The lowest BCUT2D eigenvalue weighted by molar-refractivity contribution is -0.141. The number of fused-ring (bicyclic) bond motifs is 1. The number of aromatic nitrogens is 5. The van der Waals surface area contributed by atoms with Gasteiger partial charge in [0.1, 0.15) is 23.5 Å². The van der Waals surface area contributed by atoms with Crippen LogP contribution in [0.15, 0.2) is 23.0 Å². The van der Waals surface area contributed by atoms with E-state index in [-0.39, 0.29) is 29.8 Å².